The second-order valence-corrected chi connectivity index (χ2v) is 5.11. The summed E-state index contributed by atoms with van der Waals surface area (Å²) in [5.41, 5.74) is 0.789. The van der Waals surface area contributed by atoms with E-state index >= 15 is 0 Å². The molecule has 0 unspecified atom stereocenters. The summed E-state index contributed by atoms with van der Waals surface area (Å²) in [6, 6.07) is 14.0. The van der Waals surface area contributed by atoms with E-state index in [-0.39, 0.29) is 0 Å². The monoisotopic (exact) mass is 317 g/mol. The number of aryl methyl sites for hydroxylation is 1. The number of hydrogen-bond donors (Lipinski definition) is 0. The molecule has 0 atom stereocenters. The first-order valence-electron chi connectivity index (χ1n) is 5.96. The Labute approximate surface area is 119 Å². The molecule has 0 saturated heterocycles. The second-order valence-electron chi connectivity index (χ2n) is 4.32. The van der Waals surface area contributed by atoms with Crippen molar-refractivity contribution >= 4 is 26.7 Å². The van der Waals surface area contributed by atoms with E-state index in [0.29, 0.717) is 6.61 Å². The highest BCUT2D eigenvalue weighted by Gasteiger charge is 2.07. The molecule has 4 heteroatoms. The number of aromatic nitrogens is 1. The van der Waals surface area contributed by atoms with E-state index in [9.17, 15) is 0 Å². The Morgan fingerprint density at radius 3 is 2.84 bits per heavy atom. The Bertz CT molecular complexity index is 721. The Morgan fingerprint density at radius 1 is 1.21 bits per heavy atom. The smallest absolute Gasteiger partial charge is 0.134 e. The van der Waals surface area contributed by atoms with Crippen LogP contribution in [0, 0.1) is 6.92 Å². The third kappa shape index (κ3) is 2.49. The Balaban J connectivity index is 1.87. The highest BCUT2D eigenvalue weighted by atomic mass is 79.9. The Morgan fingerprint density at radius 2 is 2.05 bits per heavy atom. The predicted molar refractivity (Wildman–Crippen MR) is 77.2 cm³/mol. The van der Waals surface area contributed by atoms with Crippen LogP contribution in [-0.4, -0.2) is 5.16 Å². The van der Waals surface area contributed by atoms with Crippen LogP contribution in [0.25, 0.3) is 10.8 Å². The number of halogens is 1. The molecule has 0 aliphatic heterocycles. The quantitative estimate of drug-likeness (QED) is 0.714. The number of benzene rings is 2. The largest absolute Gasteiger partial charge is 0.486 e. The average molecular weight is 318 g/mol. The molecule has 1 heterocycles. The third-order valence-electron chi connectivity index (χ3n) is 2.88. The van der Waals surface area contributed by atoms with Gasteiger partial charge in [-0.25, -0.2) is 0 Å². The van der Waals surface area contributed by atoms with Crippen molar-refractivity contribution in [3.8, 4) is 5.75 Å². The third-order valence-corrected chi connectivity index (χ3v) is 3.70. The molecule has 3 aromatic rings. The van der Waals surface area contributed by atoms with Crippen LogP contribution in [0.5, 0.6) is 5.75 Å². The maximum atomic E-state index is 5.77. The van der Waals surface area contributed by atoms with Crippen molar-refractivity contribution < 1.29 is 9.26 Å². The molecular weight excluding hydrogens is 306 g/mol. The van der Waals surface area contributed by atoms with Crippen LogP contribution in [0.2, 0.25) is 0 Å². The highest BCUT2D eigenvalue weighted by Crippen LogP contribution is 2.33. The summed E-state index contributed by atoms with van der Waals surface area (Å²) < 4.78 is 11.8. The summed E-state index contributed by atoms with van der Waals surface area (Å²) in [6.45, 7) is 2.26. The standard InChI is InChI=1S/C15H12BrNO2/c1-10-8-12(17-19-10)9-18-14-7-6-11-4-2-3-5-13(11)15(14)16/h2-8H,9H2,1H3. The van der Waals surface area contributed by atoms with Gasteiger partial charge in [0, 0.05) is 6.07 Å². The molecule has 0 radical (unpaired) electrons. The first-order valence-corrected chi connectivity index (χ1v) is 6.75. The number of nitrogens with zero attached hydrogens (tertiary/aromatic N) is 1. The van der Waals surface area contributed by atoms with Crippen LogP contribution in [0.4, 0.5) is 0 Å². The molecule has 0 aliphatic rings. The van der Waals surface area contributed by atoms with Crippen molar-refractivity contribution in [2.45, 2.75) is 13.5 Å². The molecule has 0 bridgehead atoms. The van der Waals surface area contributed by atoms with Crippen LogP contribution in [0.1, 0.15) is 11.5 Å². The summed E-state index contributed by atoms with van der Waals surface area (Å²) in [5.74, 6) is 1.59. The average Bonchev–Trinajstić information content (AvgIpc) is 2.84. The van der Waals surface area contributed by atoms with Gasteiger partial charge in [0.05, 0.1) is 4.47 Å². The number of ether oxygens (including phenoxy) is 1. The van der Waals surface area contributed by atoms with Gasteiger partial charge in [0.25, 0.3) is 0 Å². The maximum Gasteiger partial charge on any atom is 0.134 e. The van der Waals surface area contributed by atoms with E-state index in [1.54, 1.807) is 0 Å². The lowest BCUT2D eigenvalue weighted by Crippen LogP contribution is -1.96. The predicted octanol–water partition coefficient (Wildman–Crippen LogP) is 4.48. The van der Waals surface area contributed by atoms with E-state index in [1.165, 1.54) is 5.39 Å². The molecule has 3 nitrogen and oxygen atoms in total. The normalized spacial score (nSPS) is 10.8. The minimum atomic E-state index is 0.397. The van der Waals surface area contributed by atoms with Crippen molar-refractivity contribution in [1.29, 1.82) is 0 Å². The van der Waals surface area contributed by atoms with Crippen molar-refractivity contribution in [2.75, 3.05) is 0 Å². The lowest BCUT2D eigenvalue weighted by molar-refractivity contribution is 0.286. The topological polar surface area (TPSA) is 35.3 Å². The van der Waals surface area contributed by atoms with Gasteiger partial charge < -0.3 is 9.26 Å². The van der Waals surface area contributed by atoms with Gasteiger partial charge in [-0.05, 0) is 39.7 Å². The highest BCUT2D eigenvalue weighted by molar-refractivity contribution is 9.10. The van der Waals surface area contributed by atoms with Crippen LogP contribution in [-0.2, 0) is 6.61 Å². The van der Waals surface area contributed by atoms with Crippen molar-refractivity contribution in [1.82, 2.24) is 5.16 Å². The summed E-state index contributed by atoms with van der Waals surface area (Å²) in [7, 11) is 0. The second kappa shape index (κ2) is 5.05. The Hall–Kier alpha value is -1.81. The summed E-state index contributed by atoms with van der Waals surface area (Å²) in [6.07, 6.45) is 0. The van der Waals surface area contributed by atoms with E-state index in [0.717, 1.165) is 27.1 Å². The molecule has 1 aromatic heterocycles. The zero-order valence-electron chi connectivity index (χ0n) is 10.4. The summed E-state index contributed by atoms with van der Waals surface area (Å²) in [5, 5.41) is 6.22. The summed E-state index contributed by atoms with van der Waals surface area (Å²) in [4.78, 5) is 0. The lowest BCUT2D eigenvalue weighted by Gasteiger charge is -2.09. The number of rotatable bonds is 3. The van der Waals surface area contributed by atoms with Crippen molar-refractivity contribution in [2.24, 2.45) is 0 Å². The molecule has 0 saturated carbocycles. The molecule has 19 heavy (non-hydrogen) atoms. The number of hydrogen-bond acceptors (Lipinski definition) is 3. The van der Waals surface area contributed by atoms with Crippen LogP contribution < -0.4 is 4.74 Å². The minimum Gasteiger partial charge on any atom is -0.486 e. The Kier molecular flexibility index (Phi) is 3.25. The zero-order valence-corrected chi connectivity index (χ0v) is 12.0. The van der Waals surface area contributed by atoms with Crippen molar-refractivity contribution in [3.05, 3.63) is 58.4 Å². The van der Waals surface area contributed by atoms with Crippen molar-refractivity contribution in [3.63, 3.8) is 0 Å². The summed E-state index contributed by atoms with van der Waals surface area (Å²) >= 11 is 3.59. The van der Waals surface area contributed by atoms with Gasteiger partial charge in [-0.2, -0.15) is 0 Å². The van der Waals surface area contributed by atoms with E-state index in [2.05, 4.69) is 33.2 Å². The molecule has 96 valence electrons. The fraction of sp³-hybridized carbons (Fsp3) is 0.133. The molecule has 0 amide bonds. The zero-order chi connectivity index (χ0) is 13.2. The fourth-order valence-electron chi connectivity index (χ4n) is 1.96. The van der Waals surface area contributed by atoms with Gasteiger partial charge >= 0.3 is 0 Å². The molecule has 2 aromatic carbocycles. The molecule has 3 rings (SSSR count). The molecule has 0 fully saturated rings. The molecule has 0 aliphatic carbocycles. The van der Waals surface area contributed by atoms with Gasteiger partial charge in [-0.1, -0.05) is 35.5 Å². The van der Waals surface area contributed by atoms with Crippen LogP contribution in [0.3, 0.4) is 0 Å². The van der Waals surface area contributed by atoms with Gasteiger partial charge in [0.1, 0.15) is 23.8 Å². The first kappa shape index (κ1) is 12.2. The van der Waals surface area contributed by atoms with E-state index in [4.69, 9.17) is 9.26 Å². The van der Waals surface area contributed by atoms with Crippen LogP contribution >= 0.6 is 15.9 Å². The number of fused-ring (bicyclic) bond motifs is 1. The van der Waals surface area contributed by atoms with Gasteiger partial charge in [0.15, 0.2) is 0 Å². The SMILES string of the molecule is Cc1cc(COc2ccc3ccccc3c2Br)no1. The van der Waals surface area contributed by atoms with Gasteiger partial charge in [-0.3, -0.25) is 0 Å². The van der Waals surface area contributed by atoms with Gasteiger partial charge in [0.2, 0.25) is 0 Å². The van der Waals surface area contributed by atoms with E-state index in [1.807, 2.05) is 37.3 Å². The van der Waals surface area contributed by atoms with Gasteiger partial charge in [-0.15, -0.1) is 0 Å². The maximum absolute atomic E-state index is 5.77. The lowest BCUT2D eigenvalue weighted by atomic mass is 10.1. The molecule has 0 N–H and O–H groups in total. The van der Waals surface area contributed by atoms with Crippen LogP contribution in [0.15, 0.2) is 51.5 Å². The minimum absolute atomic E-state index is 0.397. The fourth-order valence-corrected chi connectivity index (χ4v) is 2.57. The molecular formula is C15H12BrNO2. The first-order chi connectivity index (χ1) is 9.24. The van der Waals surface area contributed by atoms with E-state index < -0.39 is 0 Å². The molecule has 0 spiro atoms.